The summed E-state index contributed by atoms with van der Waals surface area (Å²) in [6.07, 6.45) is 0. The standard InChI is InChI=1S/C12H13FN8/c1-21(2)12-18-10(17-11(19-12)20-15)16-9-4-3-8(13)5-7(9)6-14/h3-5H,15H2,1-2H3,(H2,16,17,18,19,20). The molecule has 0 aliphatic rings. The second-order valence-electron chi connectivity index (χ2n) is 4.25. The summed E-state index contributed by atoms with van der Waals surface area (Å²) in [6, 6.07) is 5.69. The third-order valence-corrected chi connectivity index (χ3v) is 2.50. The predicted octanol–water partition coefficient (Wildman–Crippen LogP) is 0.978. The predicted molar refractivity (Wildman–Crippen MR) is 76.4 cm³/mol. The second-order valence-corrected chi connectivity index (χ2v) is 4.25. The zero-order valence-electron chi connectivity index (χ0n) is 11.4. The first kappa shape index (κ1) is 14.4. The molecule has 1 aromatic heterocycles. The van der Waals surface area contributed by atoms with Crippen LogP contribution in [0.4, 0.5) is 27.9 Å². The molecule has 0 unspecified atom stereocenters. The molecule has 21 heavy (non-hydrogen) atoms. The summed E-state index contributed by atoms with van der Waals surface area (Å²) in [5, 5.41) is 11.9. The Morgan fingerprint density at radius 2 is 1.95 bits per heavy atom. The maximum Gasteiger partial charge on any atom is 0.243 e. The highest BCUT2D eigenvalue weighted by molar-refractivity contribution is 5.63. The minimum absolute atomic E-state index is 0.143. The van der Waals surface area contributed by atoms with Gasteiger partial charge in [0.25, 0.3) is 0 Å². The summed E-state index contributed by atoms with van der Waals surface area (Å²) >= 11 is 0. The molecule has 4 N–H and O–H groups in total. The molecule has 2 aromatic rings. The van der Waals surface area contributed by atoms with Crippen LogP contribution in [-0.2, 0) is 0 Å². The van der Waals surface area contributed by atoms with Gasteiger partial charge in [0.15, 0.2) is 0 Å². The summed E-state index contributed by atoms with van der Waals surface area (Å²) < 4.78 is 13.1. The van der Waals surface area contributed by atoms with Crippen LogP contribution >= 0.6 is 0 Å². The van der Waals surface area contributed by atoms with Gasteiger partial charge in [0.2, 0.25) is 17.8 Å². The monoisotopic (exact) mass is 288 g/mol. The van der Waals surface area contributed by atoms with Gasteiger partial charge in [-0.1, -0.05) is 0 Å². The Bertz CT molecular complexity index is 694. The lowest BCUT2D eigenvalue weighted by atomic mass is 10.2. The van der Waals surface area contributed by atoms with Crippen LogP contribution in [0.25, 0.3) is 0 Å². The van der Waals surface area contributed by atoms with Crippen LogP contribution in [0.1, 0.15) is 5.56 Å². The van der Waals surface area contributed by atoms with E-state index in [-0.39, 0.29) is 17.5 Å². The van der Waals surface area contributed by atoms with Crippen molar-refractivity contribution in [1.29, 1.82) is 5.26 Å². The van der Waals surface area contributed by atoms with Crippen LogP contribution in [0.5, 0.6) is 0 Å². The van der Waals surface area contributed by atoms with Crippen molar-refractivity contribution in [3.63, 3.8) is 0 Å². The van der Waals surface area contributed by atoms with Crippen LogP contribution < -0.4 is 21.5 Å². The van der Waals surface area contributed by atoms with Crippen molar-refractivity contribution in [2.45, 2.75) is 0 Å². The number of hydrazine groups is 1. The highest BCUT2D eigenvalue weighted by Crippen LogP contribution is 2.20. The normalized spacial score (nSPS) is 9.86. The molecule has 0 aliphatic heterocycles. The summed E-state index contributed by atoms with van der Waals surface area (Å²) in [7, 11) is 3.52. The molecule has 0 spiro atoms. The van der Waals surface area contributed by atoms with Gasteiger partial charge in [-0.2, -0.15) is 20.2 Å². The van der Waals surface area contributed by atoms with Crippen molar-refractivity contribution < 1.29 is 4.39 Å². The smallest absolute Gasteiger partial charge is 0.243 e. The van der Waals surface area contributed by atoms with Gasteiger partial charge >= 0.3 is 0 Å². The SMILES string of the molecule is CN(C)c1nc(NN)nc(Nc2ccc(F)cc2C#N)n1. The molecule has 0 bridgehead atoms. The van der Waals surface area contributed by atoms with Gasteiger partial charge in [-0.3, -0.25) is 5.43 Å². The Balaban J connectivity index is 2.40. The minimum Gasteiger partial charge on any atom is -0.347 e. The van der Waals surface area contributed by atoms with E-state index in [0.29, 0.717) is 11.6 Å². The first-order valence-electron chi connectivity index (χ1n) is 5.90. The van der Waals surface area contributed by atoms with Crippen LogP contribution in [0.15, 0.2) is 18.2 Å². The van der Waals surface area contributed by atoms with E-state index < -0.39 is 5.82 Å². The molecule has 0 atom stereocenters. The van der Waals surface area contributed by atoms with Crippen molar-refractivity contribution in [2.75, 3.05) is 29.7 Å². The van der Waals surface area contributed by atoms with Gasteiger partial charge in [-0.25, -0.2) is 10.2 Å². The number of nitriles is 1. The molecule has 0 fully saturated rings. The Morgan fingerprint density at radius 1 is 1.24 bits per heavy atom. The van der Waals surface area contributed by atoms with Crippen molar-refractivity contribution in [1.82, 2.24) is 15.0 Å². The van der Waals surface area contributed by atoms with Gasteiger partial charge in [-0.05, 0) is 18.2 Å². The zero-order chi connectivity index (χ0) is 15.4. The molecule has 0 aliphatic carbocycles. The number of nitrogens with one attached hydrogen (secondary N) is 2. The molecular formula is C12H13FN8. The quantitative estimate of drug-likeness (QED) is 0.563. The Hall–Kier alpha value is -2.99. The lowest BCUT2D eigenvalue weighted by molar-refractivity contribution is 0.627. The van der Waals surface area contributed by atoms with E-state index in [1.54, 1.807) is 19.0 Å². The molecule has 0 saturated heterocycles. The van der Waals surface area contributed by atoms with E-state index in [4.69, 9.17) is 11.1 Å². The number of nitrogens with zero attached hydrogens (tertiary/aromatic N) is 5. The van der Waals surface area contributed by atoms with Gasteiger partial charge in [0.1, 0.15) is 11.9 Å². The van der Waals surface area contributed by atoms with E-state index in [1.165, 1.54) is 12.1 Å². The van der Waals surface area contributed by atoms with Gasteiger partial charge in [0.05, 0.1) is 11.3 Å². The molecule has 0 radical (unpaired) electrons. The summed E-state index contributed by atoms with van der Waals surface area (Å²) in [6.45, 7) is 0. The fourth-order valence-corrected chi connectivity index (χ4v) is 1.52. The topological polar surface area (TPSA) is 116 Å². The van der Waals surface area contributed by atoms with Crippen LogP contribution in [0, 0.1) is 17.1 Å². The molecule has 1 heterocycles. The lowest BCUT2D eigenvalue weighted by Gasteiger charge is -2.13. The number of nitrogens with two attached hydrogens (primary N) is 1. The van der Waals surface area contributed by atoms with Crippen molar-refractivity contribution in [3.05, 3.63) is 29.6 Å². The second kappa shape index (κ2) is 5.98. The Labute approximate surface area is 120 Å². The average molecular weight is 288 g/mol. The van der Waals surface area contributed by atoms with Crippen LogP contribution in [0.3, 0.4) is 0 Å². The lowest BCUT2D eigenvalue weighted by Crippen LogP contribution is -2.18. The first-order chi connectivity index (χ1) is 10.0. The fraction of sp³-hybridized carbons (Fsp3) is 0.167. The first-order valence-corrected chi connectivity index (χ1v) is 5.90. The van der Waals surface area contributed by atoms with Gasteiger partial charge < -0.3 is 10.2 Å². The minimum atomic E-state index is -0.494. The molecule has 8 nitrogen and oxygen atoms in total. The Kier molecular flexibility index (Phi) is 4.10. The molecular weight excluding hydrogens is 275 g/mol. The van der Waals surface area contributed by atoms with E-state index >= 15 is 0 Å². The molecule has 0 amide bonds. The van der Waals surface area contributed by atoms with E-state index in [2.05, 4.69) is 25.7 Å². The Morgan fingerprint density at radius 3 is 2.57 bits per heavy atom. The van der Waals surface area contributed by atoms with Crippen molar-refractivity contribution >= 4 is 23.5 Å². The van der Waals surface area contributed by atoms with Crippen LogP contribution in [-0.4, -0.2) is 29.0 Å². The number of aromatic nitrogens is 3. The molecule has 0 saturated carbocycles. The number of anilines is 4. The number of benzene rings is 1. The average Bonchev–Trinajstić information content (AvgIpc) is 2.48. The number of hydrogen-bond acceptors (Lipinski definition) is 8. The zero-order valence-corrected chi connectivity index (χ0v) is 11.4. The number of hydrogen-bond donors (Lipinski definition) is 3. The van der Waals surface area contributed by atoms with Crippen molar-refractivity contribution in [2.24, 2.45) is 5.84 Å². The van der Waals surface area contributed by atoms with Gasteiger partial charge in [-0.15, -0.1) is 0 Å². The maximum atomic E-state index is 13.1. The fourth-order valence-electron chi connectivity index (χ4n) is 1.52. The highest BCUT2D eigenvalue weighted by atomic mass is 19.1. The number of nitrogen functional groups attached to an aromatic ring is 1. The van der Waals surface area contributed by atoms with E-state index in [0.717, 1.165) is 6.07 Å². The summed E-state index contributed by atoms with van der Waals surface area (Å²) in [4.78, 5) is 13.9. The molecule has 1 aromatic carbocycles. The van der Waals surface area contributed by atoms with Crippen molar-refractivity contribution in [3.8, 4) is 6.07 Å². The third kappa shape index (κ3) is 3.31. The van der Waals surface area contributed by atoms with Gasteiger partial charge in [0, 0.05) is 14.1 Å². The number of halogens is 1. The molecule has 108 valence electrons. The molecule has 2 rings (SSSR count). The summed E-state index contributed by atoms with van der Waals surface area (Å²) in [5.41, 5.74) is 2.86. The van der Waals surface area contributed by atoms with Crippen LogP contribution in [0.2, 0.25) is 0 Å². The van der Waals surface area contributed by atoms with E-state index in [1.807, 2.05) is 6.07 Å². The highest BCUT2D eigenvalue weighted by Gasteiger charge is 2.10. The third-order valence-electron chi connectivity index (χ3n) is 2.50. The summed E-state index contributed by atoms with van der Waals surface area (Å²) in [5.74, 6) is 5.54. The molecule has 9 heteroatoms. The van der Waals surface area contributed by atoms with E-state index in [9.17, 15) is 4.39 Å². The largest absolute Gasteiger partial charge is 0.347 e. The maximum absolute atomic E-state index is 13.1. The number of rotatable bonds is 4.